The van der Waals surface area contributed by atoms with Crippen LogP contribution >= 0.6 is 0 Å². The number of hydrogen-bond acceptors (Lipinski definition) is 3. The molecule has 0 bridgehead atoms. The van der Waals surface area contributed by atoms with Crippen molar-refractivity contribution in [1.82, 2.24) is 15.5 Å². The Labute approximate surface area is 154 Å². The van der Waals surface area contributed by atoms with E-state index in [1.165, 1.54) is 17.0 Å². The van der Waals surface area contributed by atoms with Gasteiger partial charge in [0, 0.05) is 33.8 Å². The first-order valence-electron chi connectivity index (χ1n) is 9.04. The molecule has 144 valence electrons. The van der Waals surface area contributed by atoms with Crippen molar-refractivity contribution in [2.24, 2.45) is 4.99 Å². The van der Waals surface area contributed by atoms with E-state index in [0.717, 1.165) is 37.0 Å². The second kappa shape index (κ2) is 10.1. The molecule has 0 radical (unpaired) electrons. The van der Waals surface area contributed by atoms with Crippen LogP contribution in [0.1, 0.15) is 24.0 Å². The van der Waals surface area contributed by atoms with Crippen molar-refractivity contribution >= 4 is 11.9 Å². The van der Waals surface area contributed by atoms with Crippen LogP contribution in [-0.4, -0.2) is 63.2 Å². The van der Waals surface area contributed by atoms with Crippen LogP contribution in [0.25, 0.3) is 0 Å². The number of carbonyl (C=O) groups excluding carboxylic acids is 1. The van der Waals surface area contributed by atoms with Gasteiger partial charge in [-0.3, -0.25) is 4.79 Å². The molecule has 1 fully saturated rings. The third kappa shape index (κ3) is 6.63. The van der Waals surface area contributed by atoms with Gasteiger partial charge in [-0.05, 0) is 49.4 Å². The lowest BCUT2D eigenvalue weighted by Crippen LogP contribution is -2.42. The largest absolute Gasteiger partial charge is 0.376 e. The van der Waals surface area contributed by atoms with Gasteiger partial charge in [0.25, 0.3) is 0 Å². The number of ether oxygens (including phenoxy) is 1. The van der Waals surface area contributed by atoms with Crippen molar-refractivity contribution in [3.63, 3.8) is 0 Å². The zero-order chi connectivity index (χ0) is 18.9. The third-order valence-electron chi connectivity index (χ3n) is 4.38. The molecule has 0 saturated carbocycles. The fraction of sp³-hybridized carbons (Fsp3) is 0.579. The molecule has 0 aliphatic carbocycles. The summed E-state index contributed by atoms with van der Waals surface area (Å²) in [6, 6.07) is 4.82. The van der Waals surface area contributed by atoms with Gasteiger partial charge >= 0.3 is 0 Å². The lowest BCUT2D eigenvalue weighted by atomic mass is 10.1. The number of hydrogen-bond donors (Lipinski definition) is 2. The molecule has 1 atom stereocenters. The first kappa shape index (κ1) is 20.2. The summed E-state index contributed by atoms with van der Waals surface area (Å²) in [5, 5.41) is 6.50. The molecule has 0 spiro atoms. The number of nitrogens with zero attached hydrogens (tertiary/aromatic N) is 2. The summed E-state index contributed by atoms with van der Waals surface area (Å²) in [5.74, 6) is 0.315. The number of rotatable bonds is 7. The normalized spacial score (nSPS) is 17.2. The Bertz CT molecular complexity index is 628. The Hall–Kier alpha value is -2.15. The summed E-state index contributed by atoms with van der Waals surface area (Å²) in [6.45, 7) is 4.09. The van der Waals surface area contributed by atoms with Crippen molar-refractivity contribution in [2.75, 3.05) is 40.3 Å². The van der Waals surface area contributed by atoms with Crippen LogP contribution in [0.5, 0.6) is 0 Å². The molecule has 2 N–H and O–H groups in total. The van der Waals surface area contributed by atoms with E-state index in [2.05, 4.69) is 15.6 Å². The minimum Gasteiger partial charge on any atom is -0.376 e. The Morgan fingerprint density at radius 2 is 2.19 bits per heavy atom. The van der Waals surface area contributed by atoms with E-state index < -0.39 is 0 Å². The van der Waals surface area contributed by atoms with Gasteiger partial charge in [0.2, 0.25) is 5.91 Å². The highest BCUT2D eigenvalue weighted by Gasteiger charge is 2.15. The van der Waals surface area contributed by atoms with Crippen LogP contribution in [0.4, 0.5) is 4.39 Å². The second-order valence-electron chi connectivity index (χ2n) is 6.72. The fourth-order valence-corrected chi connectivity index (χ4v) is 2.73. The third-order valence-corrected chi connectivity index (χ3v) is 4.38. The quantitative estimate of drug-likeness (QED) is 0.568. The summed E-state index contributed by atoms with van der Waals surface area (Å²) >= 11 is 0. The van der Waals surface area contributed by atoms with Crippen LogP contribution < -0.4 is 10.6 Å². The van der Waals surface area contributed by atoms with Gasteiger partial charge in [-0.25, -0.2) is 9.38 Å². The van der Waals surface area contributed by atoms with E-state index >= 15 is 0 Å². The molecule has 1 unspecified atom stereocenters. The first-order valence-corrected chi connectivity index (χ1v) is 9.04. The number of amides is 1. The fourth-order valence-electron chi connectivity index (χ4n) is 2.73. The molecule has 2 rings (SSSR count). The zero-order valence-electron chi connectivity index (χ0n) is 15.8. The topological polar surface area (TPSA) is 66.0 Å². The molecular formula is C19H29FN4O2. The van der Waals surface area contributed by atoms with Crippen molar-refractivity contribution in [2.45, 2.75) is 32.3 Å². The van der Waals surface area contributed by atoms with E-state index in [1.807, 2.05) is 6.92 Å². The maximum Gasteiger partial charge on any atom is 0.243 e. The number of likely N-dealkylation sites (N-methyl/N-ethyl adjacent to an activating group) is 1. The summed E-state index contributed by atoms with van der Waals surface area (Å²) in [6.07, 6.45) is 3.04. The molecule has 0 aromatic heterocycles. The van der Waals surface area contributed by atoms with Crippen molar-refractivity contribution in [3.8, 4) is 0 Å². The second-order valence-corrected chi connectivity index (χ2v) is 6.72. The van der Waals surface area contributed by atoms with Gasteiger partial charge in [0.1, 0.15) is 12.4 Å². The Balaban J connectivity index is 1.88. The standard InChI is InChI=1S/C19H29FN4O2/c1-14-11-16(20)7-6-15(14)8-9-21-19(23-13-18(25)24(2)3)22-12-17-5-4-10-26-17/h6-7,11,17H,4-5,8-10,12-13H2,1-3H3,(H2,21,22,23). The van der Waals surface area contributed by atoms with Gasteiger partial charge in [-0.2, -0.15) is 0 Å². The monoisotopic (exact) mass is 364 g/mol. The van der Waals surface area contributed by atoms with E-state index in [-0.39, 0.29) is 24.4 Å². The number of aliphatic imine (C=N–C) groups is 1. The van der Waals surface area contributed by atoms with Gasteiger partial charge in [-0.1, -0.05) is 6.07 Å². The number of benzene rings is 1. The molecule has 1 saturated heterocycles. The minimum atomic E-state index is -0.220. The molecule has 26 heavy (non-hydrogen) atoms. The van der Waals surface area contributed by atoms with E-state index in [4.69, 9.17) is 4.74 Å². The van der Waals surface area contributed by atoms with Gasteiger partial charge in [0.15, 0.2) is 5.96 Å². The molecule has 1 aliphatic heterocycles. The summed E-state index contributed by atoms with van der Waals surface area (Å²) < 4.78 is 18.8. The predicted molar refractivity (Wildman–Crippen MR) is 101 cm³/mol. The molecule has 1 aliphatic rings. The zero-order valence-corrected chi connectivity index (χ0v) is 15.8. The minimum absolute atomic E-state index is 0.0578. The molecular weight excluding hydrogens is 335 g/mol. The Kier molecular flexibility index (Phi) is 7.84. The molecule has 1 aromatic rings. The highest BCUT2D eigenvalue weighted by atomic mass is 19.1. The predicted octanol–water partition coefficient (Wildman–Crippen LogP) is 1.48. The Morgan fingerprint density at radius 3 is 2.85 bits per heavy atom. The molecule has 1 amide bonds. The van der Waals surface area contributed by atoms with Crippen LogP contribution in [-0.2, 0) is 16.0 Å². The number of halogens is 1. The number of nitrogens with one attached hydrogen (secondary N) is 2. The summed E-state index contributed by atoms with van der Waals surface area (Å²) in [5.41, 5.74) is 2.02. The Morgan fingerprint density at radius 1 is 1.38 bits per heavy atom. The van der Waals surface area contributed by atoms with Crippen molar-refractivity contribution in [1.29, 1.82) is 0 Å². The summed E-state index contributed by atoms with van der Waals surface area (Å²) in [4.78, 5) is 17.7. The lowest BCUT2D eigenvalue weighted by Gasteiger charge is -2.16. The van der Waals surface area contributed by atoms with Crippen molar-refractivity contribution < 1.29 is 13.9 Å². The van der Waals surface area contributed by atoms with Crippen molar-refractivity contribution in [3.05, 3.63) is 35.1 Å². The average Bonchev–Trinajstić information content (AvgIpc) is 3.11. The SMILES string of the molecule is Cc1cc(F)ccc1CCNC(=NCC(=O)N(C)C)NCC1CCCO1. The highest BCUT2D eigenvalue weighted by molar-refractivity contribution is 5.84. The van der Waals surface area contributed by atoms with E-state index in [0.29, 0.717) is 19.0 Å². The molecule has 1 aromatic carbocycles. The molecule has 1 heterocycles. The molecule has 7 heteroatoms. The first-order chi connectivity index (χ1) is 12.5. The molecule has 6 nitrogen and oxygen atoms in total. The maximum atomic E-state index is 13.2. The number of carbonyl (C=O) groups is 1. The van der Waals surface area contributed by atoms with E-state index in [1.54, 1.807) is 20.2 Å². The van der Waals surface area contributed by atoms with Crippen LogP contribution in [0.15, 0.2) is 23.2 Å². The van der Waals surface area contributed by atoms with E-state index in [9.17, 15) is 9.18 Å². The summed E-state index contributed by atoms with van der Waals surface area (Å²) in [7, 11) is 3.42. The van der Waals surface area contributed by atoms with Crippen LogP contribution in [0, 0.1) is 12.7 Å². The lowest BCUT2D eigenvalue weighted by molar-refractivity contribution is -0.127. The van der Waals surface area contributed by atoms with Crippen LogP contribution in [0.3, 0.4) is 0 Å². The average molecular weight is 364 g/mol. The number of guanidine groups is 1. The highest BCUT2D eigenvalue weighted by Crippen LogP contribution is 2.11. The number of aryl methyl sites for hydroxylation is 1. The van der Waals surface area contributed by atoms with Gasteiger partial charge < -0.3 is 20.3 Å². The smallest absolute Gasteiger partial charge is 0.243 e. The maximum absolute atomic E-state index is 13.2. The van der Waals surface area contributed by atoms with Crippen LogP contribution in [0.2, 0.25) is 0 Å². The van der Waals surface area contributed by atoms with Gasteiger partial charge in [0.05, 0.1) is 6.10 Å². The van der Waals surface area contributed by atoms with Gasteiger partial charge in [-0.15, -0.1) is 0 Å².